The predicted molar refractivity (Wildman–Crippen MR) is 150 cm³/mol. The first kappa shape index (κ1) is 23.7. The van der Waals surface area contributed by atoms with Crippen LogP contribution in [-0.2, 0) is 11.2 Å². The van der Waals surface area contributed by atoms with Crippen molar-refractivity contribution in [2.45, 2.75) is 57.2 Å². The standard InChI is InChI=1S/C32H30N4O3/c1-19-10-2-5-13-21(19)29-28-24(22-14-6-8-16-25(22)34-28)18-27-31(38)36(32(39)35(27)29)26-17-9-7-15-23(26)30(37)33-20-11-3-4-12-20/h2,5-10,13-17,20,27,29,34H,3-4,11-12,18H2,1H3,(H,33,37). The number of carbonyl (C=O) groups is 3. The van der Waals surface area contributed by atoms with Crippen LogP contribution in [0.4, 0.5) is 10.5 Å². The summed E-state index contributed by atoms with van der Waals surface area (Å²) in [7, 11) is 0. The molecule has 2 unspecified atom stereocenters. The number of amides is 4. The normalized spacial score (nSPS) is 20.9. The van der Waals surface area contributed by atoms with Crippen LogP contribution in [0.1, 0.15) is 64.5 Å². The number of fused-ring (bicyclic) bond motifs is 4. The van der Waals surface area contributed by atoms with Gasteiger partial charge in [0.25, 0.3) is 11.8 Å². The summed E-state index contributed by atoms with van der Waals surface area (Å²) in [4.78, 5) is 48.3. The van der Waals surface area contributed by atoms with E-state index in [0.717, 1.165) is 59.0 Å². The van der Waals surface area contributed by atoms with E-state index in [0.29, 0.717) is 17.7 Å². The van der Waals surface area contributed by atoms with Crippen molar-refractivity contribution in [3.05, 3.63) is 101 Å². The predicted octanol–water partition coefficient (Wildman–Crippen LogP) is 5.63. The van der Waals surface area contributed by atoms with Crippen molar-refractivity contribution in [1.29, 1.82) is 0 Å². The molecule has 2 aliphatic heterocycles. The molecule has 7 rings (SSSR count). The third kappa shape index (κ3) is 3.67. The molecule has 7 nitrogen and oxygen atoms in total. The highest BCUT2D eigenvalue weighted by Crippen LogP contribution is 2.45. The maximum absolute atomic E-state index is 14.3. The smallest absolute Gasteiger partial charge is 0.332 e. The summed E-state index contributed by atoms with van der Waals surface area (Å²) in [6.45, 7) is 2.03. The molecular formula is C32H30N4O3. The van der Waals surface area contributed by atoms with E-state index in [2.05, 4.69) is 16.4 Å². The Labute approximate surface area is 226 Å². The van der Waals surface area contributed by atoms with Gasteiger partial charge in [-0.15, -0.1) is 0 Å². The van der Waals surface area contributed by atoms with Gasteiger partial charge < -0.3 is 10.3 Å². The van der Waals surface area contributed by atoms with Gasteiger partial charge in [-0.3, -0.25) is 14.5 Å². The van der Waals surface area contributed by atoms with E-state index >= 15 is 0 Å². The summed E-state index contributed by atoms with van der Waals surface area (Å²) in [6, 6.07) is 21.7. The number of carbonyl (C=O) groups excluding carboxylic acids is 3. The zero-order valence-corrected chi connectivity index (χ0v) is 21.8. The van der Waals surface area contributed by atoms with Gasteiger partial charge in [0.2, 0.25) is 0 Å². The number of hydrogen-bond donors (Lipinski definition) is 2. The molecule has 3 aromatic carbocycles. The summed E-state index contributed by atoms with van der Waals surface area (Å²) < 4.78 is 0. The molecule has 39 heavy (non-hydrogen) atoms. The molecule has 2 fully saturated rings. The van der Waals surface area contributed by atoms with E-state index in [1.165, 1.54) is 4.90 Å². The van der Waals surface area contributed by atoms with E-state index in [1.807, 2.05) is 49.4 Å². The summed E-state index contributed by atoms with van der Waals surface area (Å²) in [5.41, 5.74) is 5.71. The van der Waals surface area contributed by atoms with Crippen LogP contribution < -0.4 is 10.2 Å². The average molecular weight is 519 g/mol. The second kappa shape index (κ2) is 9.12. The lowest BCUT2D eigenvalue weighted by Gasteiger charge is -2.36. The first-order chi connectivity index (χ1) is 19.0. The highest BCUT2D eigenvalue weighted by Gasteiger charge is 2.53. The quantitative estimate of drug-likeness (QED) is 0.343. The van der Waals surface area contributed by atoms with Crippen LogP contribution in [0.5, 0.6) is 0 Å². The lowest BCUT2D eigenvalue weighted by atomic mass is 9.87. The third-order valence-corrected chi connectivity index (χ3v) is 8.61. The molecule has 1 saturated carbocycles. The number of imide groups is 1. The van der Waals surface area contributed by atoms with Gasteiger partial charge in [0.15, 0.2) is 0 Å². The molecule has 1 aliphatic carbocycles. The minimum atomic E-state index is -0.667. The number of aryl methyl sites for hydroxylation is 1. The number of aromatic amines is 1. The molecule has 3 heterocycles. The van der Waals surface area contributed by atoms with E-state index in [9.17, 15) is 14.4 Å². The fraction of sp³-hybridized carbons (Fsp3) is 0.281. The van der Waals surface area contributed by atoms with Crippen molar-refractivity contribution in [1.82, 2.24) is 15.2 Å². The molecule has 2 atom stereocenters. The first-order valence-corrected chi connectivity index (χ1v) is 13.7. The maximum Gasteiger partial charge on any atom is 0.332 e. The number of anilines is 1. The topological polar surface area (TPSA) is 85.5 Å². The monoisotopic (exact) mass is 518 g/mol. The molecule has 1 aromatic heterocycles. The van der Waals surface area contributed by atoms with Crippen LogP contribution in [0, 0.1) is 6.92 Å². The Bertz CT molecular complexity index is 1630. The maximum atomic E-state index is 14.3. The molecule has 0 spiro atoms. The van der Waals surface area contributed by atoms with E-state index in [1.54, 1.807) is 29.2 Å². The van der Waals surface area contributed by atoms with Gasteiger partial charge in [0.05, 0.1) is 11.3 Å². The molecule has 2 N–H and O–H groups in total. The van der Waals surface area contributed by atoms with Crippen LogP contribution in [0.3, 0.4) is 0 Å². The van der Waals surface area contributed by atoms with Crippen LogP contribution in [0.2, 0.25) is 0 Å². The van der Waals surface area contributed by atoms with Crippen LogP contribution >= 0.6 is 0 Å². The molecular weight excluding hydrogens is 488 g/mol. The van der Waals surface area contributed by atoms with Gasteiger partial charge in [-0.1, -0.05) is 67.4 Å². The Hall–Kier alpha value is -4.39. The molecule has 4 aromatic rings. The minimum absolute atomic E-state index is 0.130. The van der Waals surface area contributed by atoms with Crippen LogP contribution in [-0.4, -0.2) is 39.8 Å². The Balaban J connectivity index is 1.34. The zero-order valence-electron chi connectivity index (χ0n) is 21.8. The van der Waals surface area contributed by atoms with Gasteiger partial charge >= 0.3 is 6.03 Å². The van der Waals surface area contributed by atoms with Crippen molar-refractivity contribution in [3.63, 3.8) is 0 Å². The number of benzene rings is 3. The highest BCUT2D eigenvalue weighted by molar-refractivity contribution is 6.24. The van der Waals surface area contributed by atoms with E-state index < -0.39 is 18.1 Å². The number of hydrogen-bond acceptors (Lipinski definition) is 3. The van der Waals surface area contributed by atoms with Crippen molar-refractivity contribution >= 4 is 34.4 Å². The number of para-hydroxylation sites is 2. The number of H-pyrrole nitrogens is 1. The number of nitrogens with zero attached hydrogens (tertiary/aromatic N) is 2. The molecule has 196 valence electrons. The summed E-state index contributed by atoms with van der Waals surface area (Å²) >= 11 is 0. The van der Waals surface area contributed by atoms with Gasteiger partial charge in [0, 0.05) is 29.1 Å². The number of rotatable bonds is 4. The third-order valence-electron chi connectivity index (χ3n) is 8.61. The Kier molecular flexibility index (Phi) is 5.54. The largest absolute Gasteiger partial charge is 0.356 e. The summed E-state index contributed by atoms with van der Waals surface area (Å²) in [6.07, 6.45) is 4.52. The molecule has 0 bridgehead atoms. The fourth-order valence-corrected chi connectivity index (χ4v) is 6.71. The lowest BCUT2D eigenvalue weighted by molar-refractivity contribution is -0.120. The van der Waals surface area contributed by atoms with E-state index in [4.69, 9.17) is 0 Å². The fourth-order valence-electron chi connectivity index (χ4n) is 6.71. The number of aromatic nitrogens is 1. The second-order valence-corrected chi connectivity index (χ2v) is 10.9. The number of urea groups is 1. The zero-order chi connectivity index (χ0) is 26.7. The SMILES string of the molecule is Cc1ccccc1C1c2[nH]c3ccccc3c2CC2C(=O)N(c3ccccc3C(=O)NC3CCCC3)C(=O)N21. The van der Waals surface area contributed by atoms with Gasteiger partial charge in [-0.25, -0.2) is 9.69 Å². The van der Waals surface area contributed by atoms with Gasteiger partial charge in [-0.2, -0.15) is 0 Å². The van der Waals surface area contributed by atoms with Crippen LogP contribution in [0.25, 0.3) is 10.9 Å². The minimum Gasteiger partial charge on any atom is -0.356 e. The molecule has 7 heteroatoms. The van der Waals surface area contributed by atoms with Crippen molar-refractivity contribution < 1.29 is 14.4 Å². The number of nitrogens with one attached hydrogen (secondary N) is 2. The van der Waals surface area contributed by atoms with Crippen molar-refractivity contribution in [2.75, 3.05) is 4.90 Å². The van der Waals surface area contributed by atoms with Crippen molar-refractivity contribution in [2.24, 2.45) is 0 Å². The van der Waals surface area contributed by atoms with Crippen molar-refractivity contribution in [3.8, 4) is 0 Å². The molecule has 4 amide bonds. The summed E-state index contributed by atoms with van der Waals surface area (Å²) in [5, 5.41) is 4.19. The summed E-state index contributed by atoms with van der Waals surface area (Å²) in [5.74, 6) is -0.537. The Morgan fingerprint density at radius 3 is 2.46 bits per heavy atom. The van der Waals surface area contributed by atoms with Crippen LogP contribution in [0.15, 0.2) is 72.8 Å². The van der Waals surface area contributed by atoms with Gasteiger partial charge in [0.1, 0.15) is 12.1 Å². The Morgan fingerprint density at radius 1 is 0.923 bits per heavy atom. The highest BCUT2D eigenvalue weighted by atomic mass is 16.2. The van der Waals surface area contributed by atoms with E-state index in [-0.39, 0.29) is 17.9 Å². The molecule has 1 saturated heterocycles. The first-order valence-electron chi connectivity index (χ1n) is 13.7. The average Bonchev–Trinajstić information content (AvgIpc) is 3.65. The molecule has 0 radical (unpaired) electrons. The second-order valence-electron chi connectivity index (χ2n) is 10.9. The molecule has 3 aliphatic rings. The Morgan fingerprint density at radius 2 is 1.64 bits per heavy atom. The lowest BCUT2D eigenvalue weighted by Crippen LogP contribution is -2.44. The van der Waals surface area contributed by atoms with Gasteiger partial charge in [-0.05, 0) is 54.7 Å².